The molecule has 0 saturated carbocycles. The monoisotopic (exact) mass is 469 g/mol. The van der Waals surface area contributed by atoms with Crippen molar-refractivity contribution in [3.8, 4) is 0 Å². The van der Waals surface area contributed by atoms with Crippen molar-refractivity contribution in [3.05, 3.63) is 6.33 Å². The first kappa shape index (κ1) is 28.9. The van der Waals surface area contributed by atoms with E-state index in [2.05, 4.69) is 28.6 Å². The van der Waals surface area contributed by atoms with Gasteiger partial charge in [-0.25, -0.2) is 0 Å². The molecule has 0 aliphatic rings. The molecule has 0 aromatic carbocycles. The van der Waals surface area contributed by atoms with Gasteiger partial charge >= 0.3 is 0 Å². The fourth-order valence-corrected chi connectivity index (χ4v) is 6.11. The Labute approximate surface area is 202 Å². The van der Waals surface area contributed by atoms with Crippen molar-refractivity contribution in [2.75, 3.05) is 5.75 Å². The van der Waals surface area contributed by atoms with Gasteiger partial charge in [0.15, 0.2) is 0 Å². The molecular formula is C26H51N3S2. The highest BCUT2D eigenvalue weighted by molar-refractivity contribution is 8.76. The molecule has 1 rings (SSSR count). The molecule has 0 N–H and O–H groups in total. The van der Waals surface area contributed by atoms with E-state index in [4.69, 9.17) is 0 Å². The van der Waals surface area contributed by atoms with Crippen LogP contribution in [0.4, 0.5) is 0 Å². The van der Waals surface area contributed by atoms with Crippen LogP contribution in [0.15, 0.2) is 11.5 Å². The van der Waals surface area contributed by atoms with Crippen LogP contribution in [-0.4, -0.2) is 20.5 Å². The molecule has 1 aromatic heterocycles. The van der Waals surface area contributed by atoms with E-state index in [9.17, 15) is 0 Å². The van der Waals surface area contributed by atoms with E-state index < -0.39 is 0 Å². The molecule has 3 nitrogen and oxygen atoms in total. The van der Waals surface area contributed by atoms with Crippen molar-refractivity contribution in [1.82, 2.24) is 14.8 Å². The molecule has 0 atom stereocenters. The lowest BCUT2D eigenvalue weighted by molar-refractivity contribution is 0.532. The second kappa shape index (κ2) is 23.0. The Balaban J connectivity index is 1.80. The van der Waals surface area contributed by atoms with Crippen LogP contribution in [0.1, 0.15) is 142 Å². The molecule has 182 valence electrons. The summed E-state index contributed by atoms with van der Waals surface area (Å²) in [5.41, 5.74) is 0. The Morgan fingerprint density at radius 3 is 1.58 bits per heavy atom. The van der Waals surface area contributed by atoms with E-state index in [0.29, 0.717) is 0 Å². The first-order chi connectivity index (χ1) is 15.4. The first-order valence-electron chi connectivity index (χ1n) is 13.6. The highest BCUT2D eigenvalue weighted by atomic mass is 33.1. The normalized spacial score (nSPS) is 11.4. The molecule has 31 heavy (non-hydrogen) atoms. The van der Waals surface area contributed by atoms with Gasteiger partial charge < -0.3 is 4.57 Å². The molecular weight excluding hydrogens is 418 g/mol. The summed E-state index contributed by atoms with van der Waals surface area (Å²) < 4.78 is 2.22. The van der Waals surface area contributed by atoms with Gasteiger partial charge in [-0.15, -0.1) is 10.2 Å². The van der Waals surface area contributed by atoms with Gasteiger partial charge in [-0.2, -0.15) is 0 Å². The fraction of sp³-hybridized carbons (Fsp3) is 0.923. The molecule has 0 radical (unpaired) electrons. The summed E-state index contributed by atoms with van der Waals surface area (Å²) in [5, 5.41) is 9.46. The maximum Gasteiger partial charge on any atom is 0.201 e. The SMILES string of the molecule is CCCCCCCCCCCCCCCCCCSSc1nncn1CCCCCC. The smallest absolute Gasteiger partial charge is 0.201 e. The fourth-order valence-electron chi connectivity index (χ4n) is 3.97. The average molecular weight is 470 g/mol. The van der Waals surface area contributed by atoms with E-state index in [-0.39, 0.29) is 0 Å². The van der Waals surface area contributed by atoms with Crippen LogP contribution < -0.4 is 0 Å². The molecule has 0 aliphatic heterocycles. The zero-order valence-corrected chi connectivity index (χ0v) is 22.4. The van der Waals surface area contributed by atoms with E-state index in [1.165, 1.54) is 134 Å². The minimum absolute atomic E-state index is 1.06. The lowest BCUT2D eigenvalue weighted by Gasteiger charge is -2.06. The Bertz CT molecular complexity index is 479. The second-order valence-corrected chi connectivity index (χ2v) is 11.5. The maximum absolute atomic E-state index is 4.28. The zero-order chi connectivity index (χ0) is 22.2. The van der Waals surface area contributed by atoms with Crippen LogP contribution in [0.3, 0.4) is 0 Å². The summed E-state index contributed by atoms with van der Waals surface area (Å²) in [4.78, 5) is 0. The molecule has 1 aromatic rings. The molecule has 0 amide bonds. The van der Waals surface area contributed by atoms with Crippen molar-refractivity contribution < 1.29 is 0 Å². The molecule has 0 spiro atoms. The summed E-state index contributed by atoms with van der Waals surface area (Å²) in [5.74, 6) is 1.23. The van der Waals surface area contributed by atoms with Crippen LogP contribution in [0, 0.1) is 0 Å². The zero-order valence-electron chi connectivity index (χ0n) is 20.8. The molecule has 0 bridgehead atoms. The number of nitrogens with zero attached hydrogens (tertiary/aromatic N) is 3. The van der Waals surface area contributed by atoms with Crippen molar-refractivity contribution in [2.45, 2.75) is 154 Å². The molecule has 0 fully saturated rings. The number of aromatic nitrogens is 3. The minimum Gasteiger partial charge on any atom is -0.308 e. The van der Waals surface area contributed by atoms with Crippen molar-refractivity contribution in [2.24, 2.45) is 0 Å². The van der Waals surface area contributed by atoms with E-state index in [0.717, 1.165) is 11.7 Å². The summed E-state index contributed by atoms with van der Waals surface area (Å²) >= 11 is 0. The van der Waals surface area contributed by atoms with Gasteiger partial charge in [-0.3, -0.25) is 0 Å². The van der Waals surface area contributed by atoms with Crippen molar-refractivity contribution in [1.29, 1.82) is 0 Å². The second-order valence-electron chi connectivity index (χ2n) is 9.08. The van der Waals surface area contributed by atoms with Gasteiger partial charge in [0.2, 0.25) is 5.16 Å². The maximum atomic E-state index is 4.28. The highest BCUT2D eigenvalue weighted by Gasteiger charge is 2.05. The van der Waals surface area contributed by atoms with Crippen LogP contribution in [0.5, 0.6) is 0 Å². The molecule has 0 saturated heterocycles. The third-order valence-corrected chi connectivity index (χ3v) is 8.39. The Morgan fingerprint density at radius 1 is 0.613 bits per heavy atom. The van der Waals surface area contributed by atoms with E-state index >= 15 is 0 Å². The van der Waals surface area contributed by atoms with Crippen molar-refractivity contribution in [3.63, 3.8) is 0 Å². The highest BCUT2D eigenvalue weighted by Crippen LogP contribution is 2.30. The quantitative estimate of drug-likeness (QED) is 0.111. The van der Waals surface area contributed by atoms with Gasteiger partial charge in [0.1, 0.15) is 6.33 Å². The molecule has 0 unspecified atom stereocenters. The summed E-state index contributed by atoms with van der Waals surface area (Å²) in [6.45, 7) is 5.62. The summed E-state index contributed by atoms with van der Waals surface area (Å²) in [6, 6.07) is 0. The number of aryl methyl sites for hydroxylation is 1. The number of unbranched alkanes of at least 4 members (excludes halogenated alkanes) is 18. The Kier molecular flexibility index (Phi) is 21.4. The van der Waals surface area contributed by atoms with Crippen molar-refractivity contribution >= 4 is 21.6 Å². The average Bonchev–Trinajstić information content (AvgIpc) is 3.23. The number of hydrogen-bond donors (Lipinski definition) is 0. The van der Waals surface area contributed by atoms with E-state index in [1.807, 2.05) is 27.9 Å². The standard InChI is InChI=1S/C26H51N3S2/c1-3-5-7-9-10-11-12-13-14-15-16-17-18-19-20-22-24-30-31-26-28-27-25-29(26)23-21-8-6-4-2/h25H,3-24H2,1-2H3. The van der Waals surface area contributed by atoms with Crippen LogP contribution in [0.25, 0.3) is 0 Å². The molecule has 0 aliphatic carbocycles. The van der Waals surface area contributed by atoms with Crippen LogP contribution >= 0.6 is 21.6 Å². The largest absolute Gasteiger partial charge is 0.308 e. The van der Waals surface area contributed by atoms with Gasteiger partial charge in [-0.1, -0.05) is 140 Å². The van der Waals surface area contributed by atoms with Gasteiger partial charge in [0, 0.05) is 12.3 Å². The first-order valence-corrected chi connectivity index (χ1v) is 15.9. The summed E-state index contributed by atoms with van der Waals surface area (Å²) in [7, 11) is 3.76. The third-order valence-electron chi connectivity index (χ3n) is 6.05. The van der Waals surface area contributed by atoms with E-state index in [1.54, 1.807) is 0 Å². The topological polar surface area (TPSA) is 30.7 Å². The molecule has 1 heterocycles. The van der Waals surface area contributed by atoms with Crippen LogP contribution in [-0.2, 0) is 6.54 Å². The number of rotatable bonds is 24. The molecule has 5 heteroatoms. The van der Waals surface area contributed by atoms with Crippen LogP contribution in [0.2, 0.25) is 0 Å². The lowest BCUT2D eigenvalue weighted by Crippen LogP contribution is -1.98. The third kappa shape index (κ3) is 18.0. The van der Waals surface area contributed by atoms with Gasteiger partial charge in [0.25, 0.3) is 0 Å². The Morgan fingerprint density at radius 2 is 1.06 bits per heavy atom. The van der Waals surface area contributed by atoms with Gasteiger partial charge in [0.05, 0.1) is 0 Å². The minimum atomic E-state index is 1.06. The predicted molar refractivity (Wildman–Crippen MR) is 142 cm³/mol. The Hall–Kier alpha value is -0.160. The van der Waals surface area contributed by atoms with Gasteiger partial charge in [-0.05, 0) is 23.6 Å². The summed E-state index contributed by atoms with van der Waals surface area (Å²) in [6.07, 6.45) is 30.0. The lowest BCUT2D eigenvalue weighted by atomic mass is 10.0. The predicted octanol–water partition coefficient (Wildman–Crippen LogP) is 9.86. The number of hydrogen-bond acceptors (Lipinski definition) is 4.